The van der Waals surface area contributed by atoms with Crippen LogP contribution in [0.3, 0.4) is 0 Å². The number of carbonyl (C=O) groups is 1. The monoisotopic (exact) mass is 276 g/mol. The molecule has 0 saturated carbocycles. The molecule has 0 unspecified atom stereocenters. The first-order valence-corrected chi connectivity index (χ1v) is 6.96. The summed E-state index contributed by atoms with van der Waals surface area (Å²) >= 11 is 1.61. The quantitative estimate of drug-likeness (QED) is 0.879. The summed E-state index contributed by atoms with van der Waals surface area (Å²) in [6.45, 7) is 2.45. The van der Waals surface area contributed by atoms with Crippen LogP contribution >= 0.6 is 11.3 Å². The SMILES string of the molecule is CCc1cnc(CNC(=O)c2cccc(CO)c2)s1. The van der Waals surface area contributed by atoms with Crippen molar-refractivity contribution >= 4 is 17.2 Å². The molecule has 100 valence electrons. The average Bonchev–Trinajstić information content (AvgIpc) is 2.93. The second kappa shape index (κ2) is 6.45. The van der Waals surface area contributed by atoms with Gasteiger partial charge in [0, 0.05) is 16.6 Å². The summed E-state index contributed by atoms with van der Waals surface area (Å²) in [5.74, 6) is -0.149. The van der Waals surface area contributed by atoms with Crippen LogP contribution < -0.4 is 5.32 Å². The third-order valence-electron chi connectivity index (χ3n) is 2.72. The van der Waals surface area contributed by atoms with E-state index in [9.17, 15) is 4.79 Å². The molecule has 2 N–H and O–H groups in total. The molecule has 0 saturated heterocycles. The molecule has 1 aromatic carbocycles. The average molecular weight is 276 g/mol. The van der Waals surface area contributed by atoms with E-state index in [1.807, 2.05) is 6.20 Å². The maximum absolute atomic E-state index is 11.9. The number of nitrogens with one attached hydrogen (secondary N) is 1. The van der Waals surface area contributed by atoms with Gasteiger partial charge >= 0.3 is 0 Å². The van der Waals surface area contributed by atoms with Gasteiger partial charge in [-0.1, -0.05) is 19.1 Å². The smallest absolute Gasteiger partial charge is 0.251 e. The predicted octanol–water partition coefficient (Wildman–Crippen LogP) is 2.13. The number of aliphatic hydroxyl groups is 1. The largest absolute Gasteiger partial charge is 0.392 e. The molecule has 0 radical (unpaired) electrons. The predicted molar refractivity (Wildman–Crippen MR) is 75.0 cm³/mol. The van der Waals surface area contributed by atoms with Gasteiger partial charge in [-0.3, -0.25) is 4.79 Å². The van der Waals surface area contributed by atoms with Crippen molar-refractivity contribution in [2.24, 2.45) is 0 Å². The first-order valence-electron chi connectivity index (χ1n) is 6.14. The first-order chi connectivity index (χ1) is 9.22. The fraction of sp³-hybridized carbons (Fsp3) is 0.286. The van der Waals surface area contributed by atoms with Crippen molar-refractivity contribution in [2.75, 3.05) is 0 Å². The number of amides is 1. The van der Waals surface area contributed by atoms with E-state index in [1.165, 1.54) is 4.88 Å². The van der Waals surface area contributed by atoms with Crippen LogP contribution in [-0.2, 0) is 19.6 Å². The van der Waals surface area contributed by atoms with E-state index in [2.05, 4.69) is 17.2 Å². The number of hydrogen-bond donors (Lipinski definition) is 2. The number of hydrogen-bond acceptors (Lipinski definition) is 4. The highest BCUT2D eigenvalue weighted by Gasteiger charge is 2.07. The number of nitrogens with zero attached hydrogens (tertiary/aromatic N) is 1. The molecule has 0 atom stereocenters. The van der Waals surface area contributed by atoms with Gasteiger partial charge in [0.15, 0.2) is 0 Å². The minimum Gasteiger partial charge on any atom is -0.392 e. The van der Waals surface area contributed by atoms with E-state index < -0.39 is 0 Å². The minimum absolute atomic E-state index is 0.0620. The summed E-state index contributed by atoms with van der Waals surface area (Å²) in [7, 11) is 0. The van der Waals surface area contributed by atoms with Crippen molar-refractivity contribution in [1.82, 2.24) is 10.3 Å². The van der Waals surface area contributed by atoms with Gasteiger partial charge in [-0.2, -0.15) is 0 Å². The lowest BCUT2D eigenvalue weighted by Gasteiger charge is -2.04. The van der Waals surface area contributed by atoms with Crippen molar-refractivity contribution in [3.05, 3.63) is 51.5 Å². The zero-order valence-corrected chi connectivity index (χ0v) is 11.5. The molecule has 0 bridgehead atoms. The Labute approximate surface area is 116 Å². The van der Waals surface area contributed by atoms with Crippen molar-refractivity contribution in [3.8, 4) is 0 Å². The molecule has 2 aromatic rings. The number of thiazole rings is 1. The van der Waals surface area contributed by atoms with Crippen molar-refractivity contribution in [2.45, 2.75) is 26.5 Å². The Balaban J connectivity index is 1.96. The lowest BCUT2D eigenvalue weighted by molar-refractivity contribution is 0.0950. The molecular weight excluding hydrogens is 260 g/mol. The molecule has 0 aliphatic heterocycles. The van der Waals surface area contributed by atoms with Gasteiger partial charge in [0.05, 0.1) is 13.2 Å². The molecule has 19 heavy (non-hydrogen) atoms. The maximum Gasteiger partial charge on any atom is 0.251 e. The fourth-order valence-corrected chi connectivity index (χ4v) is 2.46. The Morgan fingerprint density at radius 3 is 3.00 bits per heavy atom. The molecule has 0 fully saturated rings. The molecule has 4 nitrogen and oxygen atoms in total. The van der Waals surface area contributed by atoms with Crippen LogP contribution in [0.4, 0.5) is 0 Å². The maximum atomic E-state index is 11.9. The molecule has 0 aliphatic rings. The molecule has 5 heteroatoms. The number of rotatable bonds is 5. The highest BCUT2D eigenvalue weighted by molar-refractivity contribution is 7.11. The van der Waals surface area contributed by atoms with Crippen molar-refractivity contribution in [3.63, 3.8) is 0 Å². The van der Waals surface area contributed by atoms with Crippen molar-refractivity contribution in [1.29, 1.82) is 0 Å². The number of aryl methyl sites for hydroxylation is 1. The van der Waals surface area contributed by atoms with E-state index in [1.54, 1.807) is 35.6 Å². The van der Waals surface area contributed by atoms with Crippen LogP contribution in [-0.4, -0.2) is 16.0 Å². The second-order valence-corrected chi connectivity index (χ2v) is 5.31. The van der Waals surface area contributed by atoms with Crippen LogP contribution in [0.15, 0.2) is 30.5 Å². The normalized spacial score (nSPS) is 10.4. The minimum atomic E-state index is -0.149. The number of aromatic nitrogens is 1. The molecule has 1 amide bonds. The summed E-state index contributed by atoms with van der Waals surface area (Å²) in [4.78, 5) is 17.4. The van der Waals surface area contributed by atoms with E-state index in [0.29, 0.717) is 12.1 Å². The summed E-state index contributed by atoms with van der Waals surface area (Å²) < 4.78 is 0. The lowest BCUT2D eigenvalue weighted by atomic mass is 10.1. The van der Waals surface area contributed by atoms with Gasteiger partial charge in [0.1, 0.15) is 5.01 Å². The van der Waals surface area contributed by atoms with Crippen LogP contribution in [0.5, 0.6) is 0 Å². The Morgan fingerprint density at radius 2 is 2.32 bits per heavy atom. The highest BCUT2D eigenvalue weighted by Crippen LogP contribution is 2.13. The standard InChI is InChI=1S/C14H16N2O2S/c1-2-12-7-15-13(19-12)8-16-14(18)11-5-3-4-10(6-11)9-17/h3-7,17H,2,8-9H2,1H3,(H,16,18). The molecule has 1 aromatic heterocycles. The van der Waals surface area contributed by atoms with E-state index >= 15 is 0 Å². The van der Waals surface area contributed by atoms with Crippen LogP contribution in [0.1, 0.15) is 32.7 Å². The Morgan fingerprint density at radius 1 is 1.47 bits per heavy atom. The second-order valence-electron chi connectivity index (χ2n) is 4.12. The molecule has 0 spiro atoms. The van der Waals surface area contributed by atoms with Gasteiger partial charge in [-0.15, -0.1) is 11.3 Å². The number of aliphatic hydroxyl groups excluding tert-OH is 1. The molecular formula is C14H16N2O2S. The summed E-state index contributed by atoms with van der Waals surface area (Å²) in [5.41, 5.74) is 1.29. The molecule has 1 heterocycles. The fourth-order valence-electron chi connectivity index (χ4n) is 1.66. The van der Waals surface area contributed by atoms with Gasteiger partial charge in [-0.25, -0.2) is 4.98 Å². The van der Waals surface area contributed by atoms with Gasteiger partial charge in [-0.05, 0) is 24.1 Å². The highest BCUT2D eigenvalue weighted by atomic mass is 32.1. The van der Waals surface area contributed by atoms with Gasteiger partial charge in [0.25, 0.3) is 5.91 Å². The topological polar surface area (TPSA) is 62.2 Å². The summed E-state index contributed by atoms with van der Waals surface area (Å²) in [5, 5.41) is 12.8. The van der Waals surface area contributed by atoms with Gasteiger partial charge < -0.3 is 10.4 Å². The lowest BCUT2D eigenvalue weighted by Crippen LogP contribution is -2.22. The van der Waals surface area contributed by atoms with Crippen LogP contribution in [0.25, 0.3) is 0 Å². The van der Waals surface area contributed by atoms with E-state index in [4.69, 9.17) is 5.11 Å². The van der Waals surface area contributed by atoms with Crippen LogP contribution in [0.2, 0.25) is 0 Å². The molecule has 0 aliphatic carbocycles. The Bertz CT molecular complexity index is 566. The zero-order chi connectivity index (χ0) is 13.7. The number of carbonyl (C=O) groups excluding carboxylic acids is 1. The Kier molecular flexibility index (Phi) is 4.65. The summed E-state index contributed by atoms with van der Waals surface area (Å²) in [6, 6.07) is 6.96. The van der Waals surface area contributed by atoms with Gasteiger partial charge in [0.2, 0.25) is 0 Å². The third-order valence-corrected chi connectivity index (χ3v) is 3.86. The molecule has 2 rings (SSSR count). The van der Waals surface area contributed by atoms with Crippen molar-refractivity contribution < 1.29 is 9.90 Å². The van der Waals surface area contributed by atoms with E-state index in [0.717, 1.165) is 17.0 Å². The zero-order valence-electron chi connectivity index (χ0n) is 10.7. The Hall–Kier alpha value is -1.72. The third kappa shape index (κ3) is 3.62. The van der Waals surface area contributed by atoms with E-state index in [-0.39, 0.29) is 12.5 Å². The summed E-state index contributed by atoms with van der Waals surface area (Å²) in [6.07, 6.45) is 2.81. The van der Waals surface area contributed by atoms with Crippen LogP contribution in [0, 0.1) is 0 Å². The number of benzene rings is 1. The first kappa shape index (κ1) is 13.7.